The first-order chi connectivity index (χ1) is 16.7. The van der Waals surface area contributed by atoms with Gasteiger partial charge in [-0.15, -0.1) is 0 Å². The third kappa shape index (κ3) is 6.43. The van der Waals surface area contributed by atoms with Crippen LogP contribution in [0.4, 0.5) is 11.4 Å². The van der Waals surface area contributed by atoms with Crippen molar-refractivity contribution in [2.45, 2.75) is 32.1 Å². The van der Waals surface area contributed by atoms with Crippen molar-refractivity contribution in [2.75, 3.05) is 28.4 Å². The Morgan fingerprint density at radius 2 is 0.943 bits per heavy atom. The highest BCUT2D eigenvalue weighted by molar-refractivity contribution is 6.01. The minimum Gasteiger partial charge on any atom is -0.493 e. The molecule has 0 atom stereocenters. The van der Waals surface area contributed by atoms with Gasteiger partial charge < -0.3 is 18.9 Å². The van der Waals surface area contributed by atoms with E-state index in [2.05, 4.69) is 0 Å². The highest BCUT2D eigenvalue weighted by Crippen LogP contribution is 2.36. The highest BCUT2D eigenvalue weighted by Gasteiger charge is 2.25. The van der Waals surface area contributed by atoms with E-state index in [1.54, 1.807) is 0 Å². The molecule has 0 N–H and O–H groups in total. The fraction of sp³-hybridized carbons (Fsp3) is 0.391. The largest absolute Gasteiger partial charge is 0.493 e. The van der Waals surface area contributed by atoms with Crippen molar-refractivity contribution < 1.29 is 38.4 Å². The maximum atomic E-state index is 12.6. The van der Waals surface area contributed by atoms with Crippen LogP contribution in [0.1, 0.15) is 52.8 Å². The molecule has 0 radical (unpaired) electrons. The monoisotopic (exact) mass is 490 g/mol. The van der Waals surface area contributed by atoms with Gasteiger partial charge in [0.05, 0.1) is 61.5 Å². The summed E-state index contributed by atoms with van der Waals surface area (Å²) in [5, 5.41) is 22.8. The van der Waals surface area contributed by atoms with Gasteiger partial charge in [-0.05, 0) is 12.8 Å². The molecule has 0 aliphatic rings. The van der Waals surface area contributed by atoms with E-state index in [9.17, 15) is 29.8 Å². The molecule has 0 fully saturated rings. The summed E-state index contributed by atoms with van der Waals surface area (Å²) in [6.45, 7) is 0. The number of Topliss-reactive ketones (excluding diaryl/α,β-unsaturated/α-hetero) is 2. The van der Waals surface area contributed by atoms with Gasteiger partial charge in [-0.3, -0.25) is 29.8 Å². The standard InChI is InChI=1S/C23H26N2O10/c1-32-20-10-14(16(24(28)29)12-22(20)34-3)18(26)8-6-5-7-9-19(27)15-11-21(33-2)23(35-4)13-17(15)25(30)31/h10-13H,5-9H2,1-4H3. The molecule has 0 aliphatic carbocycles. The van der Waals surface area contributed by atoms with E-state index in [0.717, 1.165) is 12.1 Å². The number of rotatable bonds is 14. The summed E-state index contributed by atoms with van der Waals surface area (Å²) < 4.78 is 20.4. The average Bonchev–Trinajstić information content (AvgIpc) is 2.86. The Hall–Kier alpha value is -4.22. The van der Waals surface area contributed by atoms with Crippen LogP contribution in [0.3, 0.4) is 0 Å². The number of hydrogen-bond donors (Lipinski definition) is 0. The Balaban J connectivity index is 2.03. The van der Waals surface area contributed by atoms with E-state index in [4.69, 9.17) is 18.9 Å². The number of ketones is 2. The molecule has 0 unspecified atom stereocenters. The molecular formula is C23H26N2O10. The maximum absolute atomic E-state index is 12.6. The minimum absolute atomic E-state index is 0.0149. The van der Waals surface area contributed by atoms with Gasteiger partial charge in [-0.2, -0.15) is 0 Å². The smallest absolute Gasteiger partial charge is 0.284 e. The lowest BCUT2D eigenvalue weighted by molar-refractivity contribution is -0.385. The maximum Gasteiger partial charge on any atom is 0.284 e. The lowest BCUT2D eigenvalue weighted by Gasteiger charge is -2.10. The minimum atomic E-state index is -0.663. The first-order valence-corrected chi connectivity index (χ1v) is 10.6. The van der Waals surface area contributed by atoms with Crippen LogP contribution in [0.2, 0.25) is 0 Å². The van der Waals surface area contributed by atoms with Gasteiger partial charge in [0.1, 0.15) is 0 Å². The number of carbonyl (C=O) groups is 2. The SMILES string of the molecule is COc1cc(C(=O)CCCCCC(=O)c2cc(OC)c(OC)cc2[N+](=O)[O-])c([N+](=O)[O-])cc1OC. The van der Waals surface area contributed by atoms with Crippen molar-refractivity contribution in [1.82, 2.24) is 0 Å². The molecule has 2 aromatic rings. The molecular weight excluding hydrogens is 464 g/mol. The zero-order valence-electron chi connectivity index (χ0n) is 19.8. The summed E-state index contributed by atoms with van der Waals surface area (Å²) in [6.07, 6.45) is 1.22. The molecule has 12 heteroatoms. The second-order valence-electron chi connectivity index (χ2n) is 7.37. The number of nitrogens with zero attached hydrogens (tertiary/aromatic N) is 2. The summed E-state index contributed by atoms with van der Waals surface area (Å²) in [5.41, 5.74) is -0.957. The van der Waals surface area contributed by atoms with Crippen LogP contribution in [0.15, 0.2) is 24.3 Å². The molecule has 0 aliphatic heterocycles. The first-order valence-electron chi connectivity index (χ1n) is 10.6. The van der Waals surface area contributed by atoms with Crippen molar-refractivity contribution in [3.05, 3.63) is 55.6 Å². The lowest BCUT2D eigenvalue weighted by Crippen LogP contribution is -2.07. The molecule has 0 amide bonds. The molecule has 12 nitrogen and oxygen atoms in total. The Morgan fingerprint density at radius 1 is 0.629 bits per heavy atom. The summed E-state index contributed by atoms with van der Waals surface area (Å²) in [4.78, 5) is 46.7. The summed E-state index contributed by atoms with van der Waals surface area (Å²) in [7, 11) is 5.39. The molecule has 0 spiro atoms. The van der Waals surface area contributed by atoms with Crippen LogP contribution in [-0.2, 0) is 0 Å². The summed E-state index contributed by atoms with van der Waals surface area (Å²) >= 11 is 0. The Morgan fingerprint density at radius 3 is 1.23 bits per heavy atom. The molecule has 0 saturated heterocycles. The molecule has 0 aromatic heterocycles. The average molecular weight is 490 g/mol. The highest BCUT2D eigenvalue weighted by atomic mass is 16.6. The van der Waals surface area contributed by atoms with Crippen LogP contribution in [0.5, 0.6) is 23.0 Å². The fourth-order valence-corrected chi connectivity index (χ4v) is 3.50. The van der Waals surface area contributed by atoms with Gasteiger partial charge in [-0.1, -0.05) is 6.42 Å². The normalized spacial score (nSPS) is 10.4. The molecule has 2 rings (SSSR count). The number of nitro benzene ring substituents is 2. The summed E-state index contributed by atoms with van der Waals surface area (Å²) in [6, 6.07) is 4.83. The predicted molar refractivity (Wildman–Crippen MR) is 124 cm³/mol. The topological polar surface area (TPSA) is 157 Å². The lowest BCUT2D eigenvalue weighted by atomic mass is 9.99. The van der Waals surface area contributed by atoms with Gasteiger partial charge >= 0.3 is 0 Å². The zero-order chi connectivity index (χ0) is 26.1. The Labute approximate surface area is 201 Å². The van der Waals surface area contributed by atoms with E-state index >= 15 is 0 Å². The predicted octanol–water partition coefficient (Wildman–Crippen LogP) is 4.55. The van der Waals surface area contributed by atoms with E-state index < -0.39 is 21.4 Å². The number of benzene rings is 2. The van der Waals surface area contributed by atoms with Crippen molar-refractivity contribution in [1.29, 1.82) is 0 Å². The van der Waals surface area contributed by atoms with Gasteiger partial charge in [0.25, 0.3) is 11.4 Å². The molecule has 0 bridgehead atoms. The van der Waals surface area contributed by atoms with Crippen LogP contribution in [-0.4, -0.2) is 49.9 Å². The van der Waals surface area contributed by atoms with Gasteiger partial charge in [0, 0.05) is 25.0 Å². The third-order valence-electron chi connectivity index (χ3n) is 5.31. The van der Waals surface area contributed by atoms with Crippen molar-refractivity contribution in [3.63, 3.8) is 0 Å². The third-order valence-corrected chi connectivity index (χ3v) is 5.31. The molecule has 188 valence electrons. The van der Waals surface area contributed by atoms with Crippen LogP contribution < -0.4 is 18.9 Å². The van der Waals surface area contributed by atoms with Gasteiger partial charge in [0.15, 0.2) is 34.6 Å². The van der Waals surface area contributed by atoms with Crippen LogP contribution in [0, 0.1) is 20.2 Å². The van der Waals surface area contributed by atoms with Gasteiger partial charge in [0.2, 0.25) is 0 Å². The van der Waals surface area contributed by atoms with Crippen molar-refractivity contribution in [3.8, 4) is 23.0 Å². The number of ether oxygens (including phenoxy) is 4. The molecule has 35 heavy (non-hydrogen) atoms. The molecule has 2 aromatic carbocycles. The number of hydrogen-bond acceptors (Lipinski definition) is 10. The second-order valence-corrected chi connectivity index (χ2v) is 7.37. The van der Waals surface area contributed by atoms with E-state index in [0.29, 0.717) is 19.3 Å². The second kappa shape index (κ2) is 12.3. The number of carbonyl (C=O) groups excluding carboxylic acids is 2. The molecule has 0 heterocycles. The van der Waals surface area contributed by atoms with E-state index in [1.165, 1.54) is 40.6 Å². The zero-order valence-corrected chi connectivity index (χ0v) is 19.8. The Kier molecular flexibility index (Phi) is 9.50. The van der Waals surface area contributed by atoms with E-state index in [-0.39, 0.29) is 58.3 Å². The van der Waals surface area contributed by atoms with Crippen LogP contribution in [0.25, 0.3) is 0 Å². The van der Waals surface area contributed by atoms with Crippen LogP contribution >= 0.6 is 0 Å². The van der Waals surface area contributed by atoms with Crippen molar-refractivity contribution >= 4 is 22.9 Å². The number of methoxy groups -OCH3 is 4. The molecule has 0 saturated carbocycles. The first kappa shape index (κ1) is 27.0. The van der Waals surface area contributed by atoms with Gasteiger partial charge in [-0.25, -0.2) is 0 Å². The number of nitro groups is 2. The quantitative estimate of drug-likeness (QED) is 0.159. The summed E-state index contributed by atoms with van der Waals surface area (Å²) in [5.74, 6) is -0.219. The van der Waals surface area contributed by atoms with Crippen molar-refractivity contribution in [2.24, 2.45) is 0 Å². The Bertz CT molecular complexity index is 1040. The number of unbranched alkanes of at least 4 members (excludes halogenated alkanes) is 2. The fourth-order valence-electron chi connectivity index (χ4n) is 3.50. The van der Waals surface area contributed by atoms with E-state index in [1.807, 2.05) is 0 Å².